The second kappa shape index (κ2) is 10.1. The van der Waals surface area contributed by atoms with Crippen molar-refractivity contribution in [1.29, 1.82) is 0 Å². The maximum absolute atomic E-state index is 6.50. The monoisotopic (exact) mass is 582 g/mol. The molecular formula is C38H40B2O4. The van der Waals surface area contributed by atoms with Crippen molar-refractivity contribution in [3.8, 4) is 22.3 Å². The summed E-state index contributed by atoms with van der Waals surface area (Å²) in [5.41, 5.74) is 5.06. The normalized spacial score (nSPS) is 20.1. The van der Waals surface area contributed by atoms with E-state index in [0.29, 0.717) is 0 Å². The van der Waals surface area contributed by atoms with E-state index in [2.05, 4.69) is 152 Å². The van der Waals surface area contributed by atoms with E-state index in [4.69, 9.17) is 18.6 Å². The van der Waals surface area contributed by atoms with Gasteiger partial charge in [0, 0.05) is 0 Å². The van der Waals surface area contributed by atoms with Crippen LogP contribution in [-0.2, 0) is 18.6 Å². The summed E-state index contributed by atoms with van der Waals surface area (Å²) in [6.07, 6.45) is 0. The maximum Gasteiger partial charge on any atom is 0.494 e. The zero-order valence-corrected chi connectivity index (χ0v) is 27.0. The lowest BCUT2D eigenvalue weighted by Crippen LogP contribution is -2.41. The van der Waals surface area contributed by atoms with Gasteiger partial charge >= 0.3 is 14.2 Å². The number of benzene rings is 5. The van der Waals surface area contributed by atoms with E-state index in [1.165, 1.54) is 21.9 Å². The molecule has 7 rings (SSSR count). The standard InChI is InChI=1S/C38H40B2O4/c1-35(2)36(3,4)42-39(41-35)27-19-21-29-31(23-27)33(25-15-11-9-12-16-25)30-22-20-28(40-43-37(5,6)38(7,8)44-40)24-32(30)34(29)26-17-13-10-14-18-26/h9-24H,1-8H3. The first-order valence-electron chi connectivity index (χ1n) is 15.6. The van der Waals surface area contributed by atoms with Crippen molar-refractivity contribution in [2.45, 2.75) is 77.8 Å². The van der Waals surface area contributed by atoms with Crippen LogP contribution in [0.5, 0.6) is 0 Å². The smallest absolute Gasteiger partial charge is 0.399 e. The average Bonchev–Trinajstić information content (AvgIpc) is 3.35. The fourth-order valence-corrected chi connectivity index (χ4v) is 6.35. The van der Waals surface area contributed by atoms with Crippen LogP contribution in [-0.4, -0.2) is 36.6 Å². The summed E-state index contributed by atoms with van der Waals surface area (Å²) < 4.78 is 26.0. The van der Waals surface area contributed by atoms with Gasteiger partial charge in [0.2, 0.25) is 0 Å². The van der Waals surface area contributed by atoms with Crippen LogP contribution in [0.3, 0.4) is 0 Å². The van der Waals surface area contributed by atoms with Crippen molar-refractivity contribution in [3.05, 3.63) is 97.1 Å². The Balaban J connectivity index is 1.52. The molecular weight excluding hydrogens is 542 g/mol. The average molecular weight is 582 g/mol. The minimum absolute atomic E-state index is 0.419. The highest BCUT2D eigenvalue weighted by atomic mass is 16.7. The van der Waals surface area contributed by atoms with E-state index >= 15 is 0 Å². The molecule has 0 spiro atoms. The molecule has 0 atom stereocenters. The molecule has 2 heterocycles. The molecule has 0 saturated carbocycles. The van der Waals surface area contributed by atoms with Gasteiger partial charge in [0.25, 0.3) is 0 Å². The zero-order valence-electron chi connectivity index (χ0n) is 27.0. The van der Waals surface area contributed by atoms with Gasteiger partial charge in [-0.3, -0.25) is 0 Å². The van der Waals surface area contributed by atoms with Crippen LogP contribution in [0.15, 0.2) is 97.1 Å². The second-order valence-corrected chi connectivity index (χ2v) is 14.3. The Morgan fingerprint density at radius 2 is 0.705 bits per heavy atom. The molecule has 2 aliphatic heterocycles. The van der Waals surface area contributed by atoms with Crippen LogP contribution in [0.1, 0.15) is 55.4 Å². The molecule has 0 bridgehead atoms. The van der Waals surface area contributed by atoms with Crippen molar-refractivity contribution in [1.82, 2.24) is 0 Å². The second-order valence-electron chi connectivity index (χ2n) is 14.3. The molecule has 2 fully saturated rings. The molecule has 222 valence electrons. The van der Waals surface area contributed by atoms with Gasteiger partial charge < -0.3 is 18.6 Å². The van der Waals surface area contributed by atoms with Gasteiger partial charge in [0.1, 0.15) is 0 Å². The number of hydrogen-bond acceptors (Lipinski definition) is 4. The summed E-state index contributed by atoms with van der Waals surface area (Å²) in [7, 11) is -0.899. The third-order valence-corrected chi connectivity index (χ3v) is 10.3. The lowest BCUT2D eigenvalue weighted by molar-refractivity contribution is 0.00578. The van der Waals surface area contributed by atoms with Crippen LogP contribution >= 0.6 is 0 Å². The van der Waals surface area contributed by atoms with Crippen molar-refractivity contribution >= 4 is 46.7 Å². The van der Waals surface area contributed by atoms with E-state index in [-0.39, 0.29) is 0 Å². The number of hydrogen-bond donors (Lipinski definition) is 0. The Morgan fingerprint density at radius 1 is 0.386 bits per heavy atom. The van der Waals surface area contributed by atoms with Crippen LogP contribution in [0.25, 0.3) is 43.8 Å². The largest absolute Gasteiger partial charge is 0.494 e. The Morgan fingerprint density at radius 3 is 1.02 bits per heavy atom. The SMILES string of the molecule is CC1(C)OB(c2ccc3c(-c4ccccc4)c4cc(B5OC(C)(C)C(C)(C)O5)ccc4c(-c4ccccc4)c3c2)OC1(C)C. The highest BCUT2D eigenvalue weighted by molar-refractivity contribution is 6.63. The lowest BCUT2D eigenvalue weighted by atomic mass is 9.74. The first kappa shape index (κ1) is 29.3. The third kappa shape index (κ3) is 4.62. The van der Waals surface area contributed by atoms with Crippen molar-refractivity contribution in [2.24, 2.45) is 0 Å². The van der Waals surface area contributed by atoms with Crippen LogP contribution in [0.4, 0.5) is 0 Å². The van der Waals surface area contributed by atoms with E-state index in [1.54, 1.807) is 0 Å². The molecule has 0 amide bonds. The van der Waals surface area contributed by atoms with E-state index < -0.39 is 36.6 Å². The zero-order chi connectivity index (χ0) is 31.1. The Kier molecular flexibility index (Phi) is 6.69. The molecule has 44 heavy (non-hydrogen) atoms. The summed E-state index contributed by atoms with van der Waals surface area (Å²) in [6.45, 7) is 16.8. The highest BCUT2D eigenvalue weighted by Gasteiger charge is 2.53. The fraction of sp³-hybridized carbons (Fsp3) is 0.316. The number of rotatable bonds is 4. The lowest BCUT2D eigenvalue weighted by Gasteiger charge is -2.32. The predicted molar refractivity (Wildman–Crippen MR) is 184 cm³/mol. The maximum atomic E-state index is 6.50. The molecule has 5 aromatic carbocycles. The molecule has 4 nitrogen and oxygen atoms in total. The van der Waals surface area contributed by atoms with Gasteiger partial charge in [-0.25, -0.2) is 0 Å². The molecule has 2 aliphatic rings. The van der Waals surface area contributed by atoms with Gasteiger partial charge in [-0.15, -0.1) is 0 Å². The van der Waals surface area contributed by atoms with Crippen molar-refractivity contribution in [3.63, 3.8) is 0 Å². The van der Waals surface area contributed by atoms with Gasteiger partial charge in [-0.1, -0.05) is 97.1 Å². The molecule has 6 heteroatoms. The first-order chi connectivity index (χ1) is 20.8. The topological polar surface area (TPSA) is 36.9 Å². The van der Waals surface area contributed by atoms with Gasteiger partial charge in [0.05, 0.1) is 22.4 Å². The Labute approximate surface area is 262 Å². The van der Waals surface area contributed by atoms with E-state index in [1.807, 2.05) is 0 Å². The van der Waals surface area contributed by atoms with Crippen LogP contribution < -0.4 is 10.9 Å². The molecule has 2 saturated heterocycles. The summed E-state index contributed by atoms with van der Waals surface area (Å²) in [4.78, 5) is 0. The number of fused-ring (bicyclic) bond motifs is 2. The summed E-state index contributed by atoms with van der Waals surface area (Å²) in [6, 6.07) is 34.7. The molecule has 0 unspecified atom stereocenters. The van der Waals surface area contributed by atoms with Crippen molar-refractivity contribution in [2.75, 3.05) is 0 Å². The minimum atomic E-state index is -0.449. The van der Waals surface area contributed by atoms with Crippen molar-refractivity contribution < 1.29 is 18.6 Å². The molecule has 0 aliphatic carbocycles. The van der Waals surface area contributed by atoms with E-state index in [0.717, 1.165) is 32.8 Å². The Hall–Kier alpha value is -3.41. The molecule has 5 aromatic rings. The van der Waals surface area contributed by atoms with E-state index in [9.17, 15) is 0 Å². The predicted octanol–water partition coefficient (Wildman–Crippen LogP) is 7.93. The summed E-state index contributed by atoms with van der Waals surface area (Å²) in [5.74, 6) is 0. The molecule has 0 radical (unpaired) electrons. The third-order valence-electron chi connectivity index (χ3n) is 10.3. The Bertz CT molecular complexity index is 1710. The molecule has 0 aromatic heterocycles. The van der Waals surface area contributed by atoms with Gasteiger partial charge in [-0.2, -0.15) is 0 Å². The summed E-state index contributed by atoms with van der Waals surface area (Å²) >= 11 is 0. The fourth-order valence-electron chi connectivity index (χ4n) is 6.35. The van der Waals surface area contributed by atoms with Crippen LogP contribution in [0, 0.1) is 0 Å². The summed E-state index contributed by atoms with van der Waals surface area (Å²) in [5, 5.41) is 4.68. The van der Waals surface area contributed by atoms with Crippen LogP contribution in [0.2, 0.25) is 0 Å². The quantitative estimate of drug-likeness (QED) is 0.159. The first-order valence-corrected chi connectivity index (χ1v) is 15.6. The minimum Gasteiger partial charge on any atom is -0.399 e. The molecule has 0 N–H and O–H groups in total. The highest BCUT2D eigenvalue weighted by Crippen LogP contribution is 2.44. The van der Waals surface area contributed by atoms with Gasteiger partial charge in [0.15, 0.2) is 0 Å². The van der Waals surface area contributed by atoms with Gasteiger partial charge in [-0.05, 0) is 110 Å².